The van der Waals surface area contributed by atoms with Gasteiger partial charge in [-0.1, -0.05) is 24.0 Å². The fourth-order valence-corrected chi connectivity index (χ4v) is 4.36. The van der Waals surface area contributed by atoms with E-state index in [4.69, 9.17) is 6.42 Å². The highest BCUT2D eigenvalue weighted by atomic mass is 19.2. The topological polar surface area (TPSA) is 0 Å². The summed E-state index contributed by atoms with van der Waals surface area (Å²) in [5, 5.41) is 0.591. The van der Waals surface area contributed by atoms with Crippen molar-refractivity contribution in [3.8, 4) is 24.2 Å². The molecule has 3 aromatic carbocycles. The van der Waals surface area contributed by atoms with Gasteiger partial charge in [-0.2, -0.15) is 0 Å². The van der Waals surface area contributed by atoms with Crippen molar-refractivity contribution in [1.82, 2.24) is 0 Å². The van der Waals surface area contributed by atoms with Crippen molar-refractivity contribution < 1.29 is 17.6 Å². The lowest BCUT2D eigenvalue weighted by atomic mass is 9.80. The fourth-order valence-electron chi connectivity index (χ4n) is 4.36. The molecule has 0 heterocycles. The van der Waals surface area contributed by atoms with Gasteiger partial charge in [0, 0.05) is 16.9 Å². The Bertz CT molecular complexity index is 1230. The molecule has 162 valence electrons. The summed E-state index contributed by atoms with van der Waals surface area (Å²) in [5.41, 5.74) is 0.774. The molecule has 0 bridgehead atoms. The molecular weight excluding hydrogens is 412 g/mol. The molecular formula is C28H22F4. The number of hydrogen-bond acceptors (Lipinski definition) is 0. The first-order valence-corrected chi connectivity index (χ1v) is 10.8. The number of aryl methyl sites for hydroxylation is 1. The molecule has 0 amide bonds. The predicted octanol–water partition coefficient (Wildman–Crippen LogP) is 7.17. The molecule has 1 saturated carbocycles. The normalized spacial score (nSPS) is 18.1. The quantitative estimate of drug-likeness (QED) is 0.303. The smallest absolute Gasteiger partial charge is 0.166 e. The van der Waals surface area contributed by atoms with E-state index >= 15 is 0 Å². The zero-order valence-corrected chi connectivity index (χ0v) is 17.5. The molecule has 0 aliphatic heterocycles. The summed E-state index contributed by atoms with van der Waals surface area (Å²) in [5.74, 6) is 5.72. The van der Waals surface area contributed by atoms with Crippen LogP contribution in [0, 0.1) is 59.3 Å². The SMILES string of the molecule is C#CC1CCC(CCc2cc(F)c(C#Cc3ccc4c(F)c(F)ccc4c3)c(F)c2)CC1. The number of halogens is 4. The van der Waals surface area contributed by atoms with E-state index in [1.807, 2.05) is 0 Å². The molecule has 0 unspecified atom stereocenters. The van der Waals surface area contributed by atoms with Crippen LogP contribution in [-0.4, -0.2) is 0 Å². The van der Waals surface area contributed by atoms with Crippen LogP contribution in [0.1, 0.15) is 48.8 Å². The molecule has 0 N–H and O–H groups in total. The lowest BCUT2D eigenvalue weighted by Crippen LogP contribution is -2.14. The molecule has 0 spiro atoms. The molecule has 1 aliphatic rings. The lowest BCUT2D eigenvalue weighted by molar-refractivity contribution is 0.301. The first-order chi connectivity index (χ1) is 15.4. The van der Waals surface area contributed by atoms with Gasteiger partial charge in [0.25, 0.3) is 0 Å². The van der Waals surface area contributed by atoms with Crippen LogP contribution in [0.4, 0.5) is 17.6 Å². The fraction of sp³-hybridized carbons (Fsp3) is 0.286. The molecule has 1 aliphatic carbocycles. The minimum absolute atomic E-state index is 0.130. The number of fused-ring (bicyclic) bond motifs is 1. The molecule has 0 radical (unpaired) electrons. The average Bonchev–Trinajstić information content (AvgIpc) is 2.80. The third kappa shape index (κ3) is 4.81. The molecule has 32 heavy (non-hydrogen) atoms. The Balaban J connectivity index is 1.48. The van der Waals surface area contributed by atoms with Gasteiger partial charge in [-0.05, 0) is 85.7 Å². The second-order valence-corrected chi connectivity index (χ2v) is 8.40. The zero-order chi connectivity index (χ0) is 22.7. The van der Waals surface area contributed by atoms with Crippen LogP contribution in [0.2, 0.25) is 0 Å². The van der Waals surface area contributed by atoms with Gasteiger partial charge in [-0.15, -0.1) is 12.3 Å². The molecule has 0 atom stereocenters. The summed E-state index contributed by atoms with van der Waals surface area (Å²) < 4.78 is 56.3. The number of benzene rings is 3. The van der Waals surface area contributed by atoms with Gasteiger partial charge in [0.1, 0.15) is 11.6 Å². The highest BCUT2D eigenvalue weighted by molar-refractivity contribution is 5.84. The monoisotopic (exact) mass is 434 g/mol. The largest absolute Gasteiger partial charge is 0.206 e. The Hall–Kier alpha value is -3.24. The van der Waals surface area contributed by atoms with E-state index in [0.717, 1.165) is 38.2 Å². The van der Waals surface area contributed by atoms with Crippen molar-refractivity contribution in [2.24, 2.45) is 11.8 Å². The summed E-state index contributed by atoms with van der Waals surface area (Å²) in [7, 11) is 0. The Morgan fingerprint density at radius 3 is 2.22 bits per heavy atom. The van der Waals surface area contributed by atoms with Gasteiger partial charge in [-0.25, -0.2) is 17.6 Å². The Morgan fingerprint density at radius 1 is 0.812 bits per heavy atom. The highest BCUT2D eigenvalue weighted by Crippen LogP contribution is 2.31. The van der Waals surface area contributed by atoms with Crippen molar-refractivity contribution >= 4 is 10.8 Å². The number of terminal acetylenes is 1. The molecule has 0 aromatic heterocycles. The number of rotatable bonds is 3. The average molecular weight is 434 g/mol. The second kappa shape index (κ2) is 9.49. The molecule has 4 heteroatoms. The molecule has 3 aromatic rings. The molecule has 0 saturated heterocycles. The van der Waals surface area contributed by atoms with Crippen molar-refractivity contribution in [1.29, 1.82) is 0 Å². The van der Waals surface area contributed by atoms with Gasteiger partial charge in [-0.3, -0.25) is 0 Å². The van der Waals surface area contributed by atoms with Crippen LogP contribution in [0.25, 0.3) is 10.8 Å². The van der Waals surface area contributed by atoms with Crippen molar-refractivity contribution in [2.75, 3.05) is 0 Å². The maximum Gasteiger partial charge on any atom is 0.166 e. The zero-order valence-electron chi connectivity index (χ0n) is 17.5. The Morgan fingerprint density at radius 2 is 1.53 bits per heavy atom. The first kappa shape index (κ1) is 22.0. The first-order valence-electron chi connectivity index (χ1n) is 10.8. The molecule has 0 nitrogen and oxygen atoms in total. The van der Waals surface area contributed by atoms with E-state index in [-0.39, 0.29) is 10.9 Å². The van der Waals surface area contributed by atoms with Crippen molar-refractivity contribution in [3.05, 3.63) is 82.4 Å². The van der Waals surface area contributed by atoms with E-state index in [1.165, 1.54) is 30.3 Å². The van der Waals surface area contributed by atoms with Gasteiger partial charge in [0.05, 0.1) is 5.56 Å². The third-order valence-electron chi connectivity index (χ3n) is 6.26. The van der Waals surface area contributed by atoms with Crippen LogP contribution in [-0.2, 0) is 6.42 Å². The van der Waals surface area contributed by atoms with Crippen LogP contribution in [0.15, 0.2) is 42.5 Å². The van der Waals surface area contributed by atoms with E-state index < -0.39 is 23.3 Å². The lowest BCUT2D eigenvalue weighted by Gasteiger charge is -2.25. The van der Waals surface area contributed by atoms with Crippen LogP contribution in [0.3, 0.4) is 0 Å². The van der Waals surface area contributed by atoms with Crippen molar-refractivity contribution in [3.63, 3.8) is 0 Å². The van der Waals surface area contributed by atoms with Crippen LogP contribution < -0.4 is 0 Å². The maximum atomic E-state index is 14.6. The standard InChI is InChI=1S/C28H22F4/c1-2-18-3-5-19(6-4-18)7-8-21-16-26(30)24(27(31)17-21)13-10-20-9-12-23-22(15-20)11-14-25(29)28(23)32/h1,9,11-12,14-19H,3-8H2. The Kier molecular flexibility index (Phi) is 6.52. The Labute approximate surface area is 185 Å². The summed E-state index contributed by atoms with van der Waals surface area (Å²) in [6.45, 7) is 0. The van der Waals surface area contributed by atoms with Crippen LogP contribution in [0.5, 0.6) is 0 Å². The van der Waals surface area contributed by atoms with E-state index in [1.54, 1.807) is 6.07 Å². The highest BCUT2D eigenvalue weighted by Gasteiger charge is 2.20. The number of hydrogen-bond donors (Lipinski definition) is 0. The van der Waals surface area contributed by atoms with Gasteiger partial charge in [0.2, 0.25) is 0 Å². The summed E-state index contributed by atoms with van der Waals surface area (Å²) in [6.07, 6.45) is 11.1. The maximum absolute atomic E-state index is 14.6. The summed E-state index contributed by atoms with van der Waals surface area (Å²) in [4.78, 5) is 0. The van der Waals surface area contributed by atoms with Gasteiger partial charge >= 0.3 is 0 Å². The molecule has 1 fully saturated rings. The minimum Gasteiger partial charge on any atom is -0.206 e. The van der Waals surface area contributed by atoms with Crippen molar-refractivity contribution in [2.45, 2.75) is 38.5 Å². The van der Waals surface area contributed by atoms with Gasteiger partial charge < -0.3 is 0 Å². The predicted molar refractivity (Wildman–Crippen MR) is 119 cm³/mol. The van der Waals surface area contributed by atoms with E-state index in [9.17, 15) is 17.6 Å². The van der Waals surface area contributed by atoms with Gasteiger partial charge in [0.15, 0.2) is 11.6 Å². The second-order valence-electron chi connectivity index (χ2n) is 8.40. The molecule has 4 rings (SSSR count). The minimum atomic E-state index is -0.932. The van der Waals surface area contributed by atoms with E-state index in [0.29, 0.717) is 34.8 Å². The summed E-state index contributed by atoms with van der Waals surface area (Å²) >= 11 is 0. The summed E-state index contributed by atoms with van der Waals surface area (Å²) in [6, 6.07) is 9.63. The third-order valence-corrected chi connectivity index (χ3v) is 6.26. The van der Waals surface area contributed by atoms with Crippen LogP contribution >= 0.6 is 0 Å². The van der Waals surface area contributed by atoms with E-state index in [2.05, 4.69) is 17.8 Å².